The van der Waals surface area contributed by atoms with Crippen LogP contribution in [0, 0.1) is 5.92 Å². The zero-order valence-corrected chi connectivity index (χ0v) is 13.7. The molecule has 0 bridgehead atoms. The normalized spacial score (nSPS) is 18.5. The van der Waals surface area contributed by atoms with Gasteiger partial charge in [-0.15, -0.1) is 0 Å². The molecule has 1 fully saturated rings. The van der Waals surface area contributed by atoms with E-state index in [2.05, 4.69) is 5.32 Å². The Morgan fingerprint density at radius 3 is 2.68 bits per heavy atom. The number of nitrogens with two attached hydrogens (primary N) is 1. The molecule has 1 amide bonds. The van der Waals surface area contributed by atoms with E-state index in [0.29, 0.717) is 5.92 Å². The Kier molecular flexibility index (Phi) is 6.25. The second kappa shape index (κ2) is 8.18. The summed E-state index contributed by atoms with van der Waals surface area (Å²) < 4.78 is 5.35. The number of carbonyl (C=O) groups is 1. The van der Waals surface area contributed by atoms with Gasteiger partial charge in [0.05, 0.1) is 19.2 Å². The summed E-state index contributed by atoms with van der Waals surface area (Å²) in [5, 5.41) is 3.02. The van der Waals surface area contributed by atoms with Gasteiger partial charge in [0.2, 0.25) is 5.91 Å². The van der Waals surface area contributed by atoms with E-state index in [1.807, 2.05) is 31.2 Å². The molecule has 4 heteroatoms. The van der Waals surface area contributed by atoms with Crippen molar-refractivity contribution in [3.8, 4) is 5.75 Å². The van der Waals surface area contributed by atoms with Gasteiger partial charge in [-0.3, -0.25) is 4.79 Å². The lowest BCUT2D eigenvalue weighted by Gasteiger charge is -2.25. The maximum absolute atomic E-state index is 12.3. The second-order valence-corrected chi connectivity index (χ2v) is 6.32. The van der Waals surface area contributed by atoms with Crippen LogP contribution >= 0.6 is 0 Å². The van der Waals surface area contributed by atoms with Gasteiger partial charge in [-0.2, -0.15) is 0 Å². The summed E-state index contributed by atoms with van der Waals surface area (Å²) in [4.78, 5) is 12.3. The third-order valence-electron chi connectivity index (χ3n) is 4.61. The average molecular weight is 304 g/mol. The van der Waals surface area contributed by atoms with E-state index in [9.17, 15) is 4.79 Å². The van der Waals surface area contributed by atoms with Crippen molar-refractivity contribution in [3.63, 3.8) is 0 Å². The number of hydrogen-bond acceptors (Lipinski definition) is 3. The van der Waals surface area contributed by atoms with E-state index in [1.165, 1.54) is 32.1 Å². The highest BCUT2D eigenvalue weighted by Gasteiger charge is 2.23. The highest BCUT2D eigenvalue weighted by Crippen LogP contribution is 2.28. The van der Waals surface area contributed by atoms with Gasteiger partial charge < -0.3 is 15.8 Å². The summed E-state index contributed by atoms with van der Waals surface area (Å²) in [6.07, 6.45) is 7.09. The Balaban J connectivity index is 1.89. The van der Waals surface area contributed by atoms with Crippen molar-refractivity contribution < 1.29 is 9.53 Å². The molecule has 1 saturated carbocycles. The first-order chi connectivity index (χ1) is 10.6. The lowest BCUT2D eigenvalue weighted by Crippen LogP contribution is -2.43. The third kappa shape index (κ3) is 4.47. The van der Waals surface area contributed by atoms with Crippen LogP contribution < -0.4 is 15.8 Å². The first-order valence-electron chi connectivity index (χ1n) is 8.30. The van der Waals surface area contributed by atoms with E-state index in [4.69, 9.17) is 10.5 Å². The van der Waals surface area contributed by atoms with Crippen molar-refractivity contribution >= 4 is 5.91 Å². The van der Waals surface area contributed by atoms with E-state index in [0.717, 1.165) is 17.7 Å². The van der Waals surface area contributed by atoms with Crippen LogP contribution in [0.3, 0.4) is 0 Å². The monoisotopic (exact) mass is 304 g/mol. The molecule has 2 atom stereocenters. The number of benzene rings is 1. The molecule has 0 radical (unpaired) electrons. The zero-order valence-electron chi connectivity index (χ0n) is 13.7. The van der Waals surface area contributed by atoms with E-state index in [1.54, 1.807) is 7.11 Å². The Hall–Kier alpha value is -1.55. The Morgan fingerprint density at radius 2 is 2.00 bits per heavy atom. The molecule has 0 spiro atoms. The van der Waals surface area contributed by atoms with Gasteiger partial charge in [0.25, 0.3) is 0 Å². The van der Waals surface area contributed by atoms with Gasteiger partial charge in [-0.1, -0.05) is 50.3 Å². The molecule has 2 unspecified atom stereocenters. The smallest absolute Gasteiger partial charge is 0.237 e. The molecule has 1 aromatic carbocycles. The van der Waals surface area contributed by atoms with Gasteiger partial charge in [0.1, 0.15) is 5.75 Å². The molecule has 0 heterocycles. The van der Waals surface area contributed by atoms with Crippen molar-refractivity contribution in [2.45, 2.75) is 57.5 Å². The van der Waals surface area contributed by atoms with Crippen LogP contribution in [0.15, 0.2) is 24.3 Å². The third-order valence-corrected chi connectivity index (χ3v) is 4.61. The van der Waals surface area contributed by atoms with Crippen molar-refractivity contribution in [1.82, 2.24) is 5.32 Å². The highest BCUT2D eigenvalue weighted by atomic mass is 16.5. The fraction of sp³-hybridized carbons (Fsp3) is 0.611. The Bertz CT molecular complexity index is 484. The quantitative estimate of drug-likeness (QED) is 0.848. The summed E-state index contributed by atoms with van der Waals surface area (Å²) in [5.74, 6) is 1.33. The number of ether oxygens (including phenoxy) is 1. The number of amides is 1. The molecule has 22 heavy (non-hydrogen) atoms. The minimum absolute atomic E-state index is 0.0658. The molecule has 1 aromatic rings. The molecule has 1 aliphatic rings. The van der Waals surface area contributed by atoms with Crippen LogP contribution in [0.25, 0.3) is 0 Å². The maximum atomic E-state index is 12.3. The molecular formula is C18H28N2O2. The molecule has 2 rings (SSSR count). The first kappa shape index (κ1) is 16.8. The Labute approximate surface area is 133 Å². The fourth-order valence-electron chi connectivity index (χ4n) is 3.31. The highest BCUT2D eigenvalue weighted by molar-refractivity contribution is 5.82. The molecule has 1 aliphatic carbocycles. The predicted octanol–water partition coefficient (Wildman–Crippen LogP) is 3.17. The molecule has 3 N–H and O–H groups in total. The summed E-state index contributed by atoms with van der Waals surface area (Å²) in [6.45, 7) is 1.96. The number of rotatable bonds is 6. The summed E-state index contributed by atoms with van der Waals surface area (Å²) >= 11 is 0. The first-order valence-corrected chi connectivity index (χ1v) is 8.30. The van der Waals surface area contributed by atoms with Gasteiger partial charge in [-0.25, -0.2) is 0 Å². The van der Waals surface area contributed by atoms with Gasteiger partial charge in [-0.05, 0) is 25.3 Å². The molecule has 4 nitrogen and oxygen atoms in total. The maximum Gasteiger partial charge on any atom is 0.237 e. The number of methoxy groups -OCH3 is 1. The zero-order chi connectivity index (χ0) is 15.9. The van der Waals surface area contributed by atoms with Crippen molar-refractivity contribution in [2.75, 3.05) is 7.11 Å². The lowest BCUT2D eigenvalue weighted by molar-refractivity contribution is -0.123. The van der Waals surface area contributed by atoms with Crippen LogP contribution in [0.5, 0.6) is 5.75 Å². The van der Waals surface area contributed by atoms with Crippen molar-refractivity contribution in [3.05, 3.63) is 29.8 Å². The minimum Gasteiger partial charge on any atom is -0.496 e. The van der Waals surface area contributed by atoms with Crippen LogP contribution in [-0.4, -0.2) is 19.1 Å². The van der Waals surface area contributed by atoms with Crippen molar-refractivity contribution in [1.29, 1.82) is 0 Å². The molecule has 122 valence electrons. The topological polar surface area (TPSA) is 64.3 Å². The van der Waals surface area contributed by atoms with E-state index >= 15 is 0 Å². The van der Waals surface area contributed by atoms with Gasteiger partial charge >= 0.3 is 0 Å². The standard InChI is InChI=1S/C18H28N2O2/c1-13(15-10-6-7-11-17(15)22-2)20-18(21)16(19)12-14-8-4-3-5-9-14/h6-7,10-11,13-14,16H,3-5,8-9,12,19H2,1-2H3,(H,20,21). The fourth-order valence-corrected chi connectivity index (χ4v) is 3.31. The van der Waals surface area contributed by atoms with Crippen LogP contribution in [0.2, 0.25) is 0 Å². The van der Waals surface area contributed by atoms with Gasteiger partial charge in [0, 0.05) is 5.56 Å². The summed E-state index contributed by atoms with van der Waals surface area (Å²) in [6, 6.07) is 7.21. The molecular weight excluding hydrogens is 276 g/mol. The Morgan fingerprint density at radius 1 is 1.32 bits per heavy atom. The molecule has 0 saturated heterocycles. The SMILES string of the molecule is COc1ccccc1C(C)NC(=O)C(N)CC1CCCCC1. The van der Waals surface area contributed by atoms with Crippen LogP contribution in [0.4, 0.5) is 0 Å². The molecule has 0 aliphatic heterocycles. The van der Waals surface area contributed by atoms with Crippen LogP contribution in [-0.2, 0) is 4.79 Å². The number of hydrogen-bond donors (Lipinski definition) is 2. The van der Waals surface area contributed by atoms with Gasteiger partial charge in [0.15, 0.2) is 0 Å². The largest absolute Gasteiger partial charge is 0.496 e. The predicted molar refractivity (Wildman–Crippen MR) is 88.7 cm³/mol. The average Bonchev–Trinajstić information content (AvgIpc) is 2.55. The molecule has 0 aromatic heterocycles. The summed E-state index contributed by atoms with van der Waals surface area (Å²) in [7, 11) is 1.64. The number of nitrogens with one attached hydrogen (secondary N) is 1. The number of para-hydroxylation sites is 1. The second-order valence-electron chi connectivity index (χ2n) is 6.32. The van der Waals surface area contributed by atoms with Crippen molar-refractivity contribution in [2.24, 2.45) is 11.7 Å². The van der Waals surface area contributed by atoms with E-state index < -0.39 is 6.04 Å². The summed E-state index contributed by atoms with van der Waals surface area (Å²) in [5.41, 5.74) is 7.08. The van der Waals surface area contributed by atoms with Crippen LogP contribution in [0.1, 0.15) is 57.1 Å². The van der Waals surface area contributed by atoms with E-state index in [-0.39, 0.29) is 11.9 Å². The number of carbonyl (C=O) groups excluding carboxylic acids is 1. The lowest BCUT2D eigenvalue weighted by atomic mass is 9.85. The minimum atomic E-state index is -0.416.